The van der Waals surface area contributed by atoms with Crippen molar-refractivity contribution >= 4 is 0 Å². The summed E-state index contributed by atoms with van der Waals surface area (Å²) in [5.74, 6) is 0.581. The number of hydrogen-bond donors (Lipinski definition) is 1. The van der Waals surface area contributed by atoms with E-state index >= 15 is 0 Å². The molecule has 1 aliphatic heterocycles. The van der Waals surface area contributed by atoms with Gasteiger partial charge < -0.3 is 10.1 Å². The largest absolute Gasteiger partial charge is 0.472 e. The minimum Gasteiger partial charge on any atom is -0.472 e. The van der Waals surface area contributed by atoms with Crippen molar-refractivity contribution in [1.29, 1.82) is 0 Å². The lowest BCUT2D eigenvalue weighted by Gasteiger charge is -2.11. The molecule has 1 N–H and O–H groups in total. The lowest BCUT2D eigenvalue weighted by Crippen LogP contribution is -2.20. The van der Waals surface area contributed by atoms with Gasteiger partial charge in [0, 0.05) is 24.5 Å². The van der Waals surface area contributed by atoms with Gasteiger partial charge in [0.15, 0.2) is 0 Å². The molecular weight excluding hydrogens is 228 g/mol. The summed E-state index contributed by atoms with van der Waals surface area (Å²) in [4.78, 5) is 12.6. The summed E-state index contributed by atoms with van der Waals surface area (Å²) in [5.41, 5.74) is 1.80. The molecule has 0 spiro atoms. The van der Waals surface area contributed by atoms with Crippen molar-refractivity contribution in [3.05, 3.63) is 36.9 Å². The number of hydrogen-bond acceptors (Lipinski definition) is 5. The fourth-order valence-corrected chi connectivity index (χ4v) is 1.97. The van der Waals surface area contributed by atoms with Gasteiger partial charge in [0.05, 0.1) is 18.1 Å². The minimum atomic E-state index is 0.201. The van der Waals surface area contributed by atoms with Gasteiger partial charge in [-0.2, -0.15) is 0 Å². The van der Waals surface area contributed by atoms with Crippen molar-refractivity contribution in [1.82, 2.24) is 20.3 Å². The van der Waals surface area contributed by atoms with E-state index in [0.29, 0.717) is 5.88 Å². The second kappa shape index (κ2) is 5.10. The van der Waals surface area contributed by atoms with Crippen LogP contribution >= 0.6 is 0 Å². The molecule has 5 heteroatoms. The van der Waals surface area contributed by atoms with Crippen LogP contribution in [-0.2, 0) is 0 Å². The van der Waals surface area contributed by atoms with Crippen LogP contribution in [0.25, 0.3) is 11.3 Å². The second-order valence-corrected chi connectivity index (χ2v) is 4.21. The second-order valence-electron chi connectivity index (χ2n) is 4.21. The van der Waals surface area contributed by atoms with Gasteiger partial charge in [0.25, 0.3) is 0 Å². The van der Waals surface area contributed by atoms with Crippen molar-refractivity contribution in [3.63, 3.8) is 0 Å². The zero-order chi connectivity index (χ0) is 12.2. The van der Waals surface area contributed by atoms with E-state index in [1.165, 1.54) is 0 Å². The molecule has 92 valence electrons. The summed E-state index contributed by atoms with van der Waals surface area (Å²) >= 11 is 0. The van der Waals surface area contributed by atoms with E-state index in [-0.39, 0.29) is 6.10 Å². The molecule has 0 radical (unpaired) electrons. The lowest BCUT2D eigenvalue weighted by molar-refractivity contribution is 0.213. The number of aromatic nitrogens is 3. The number of rotatable bonds is 3. The van der Waals surface area contributed by atoms with E-state index in [2.05, 4.69) is 20.3 Å². The highest BCUT2D eigenvalue weighted by Gasteiger charge is 2.16. The first-order valence-corrected chi connectivity index (χ1v) is 6.01. The molecule has 2 aromatic rings. The van der Waals surface area contributed by atoms with E-state index in [9.17, 15) is 0 Å². The summed E-state index contributed by atoms with van der Waals surface area (Å²) in [6.07, 6.45) is 8.09. The highest BCUT2D eigenvalue weighted by Crippen LogP contribution is 2.18. The molecule has 5 nitrogen and oxygen atoms in total. The summed E-state index contributed by atoms with van der Waals surface area (Å²) < 4.78 is 5.79. The Balaban J connectivity index is 1.80. The van der Waals surface area contributed by atoms with Gasteiger partial charge >= 0.3 is 0 Å². The molecule has 18 heavy (non-hydrogen) atoms. The van der Waals surface area contributed by atoms with Crippen LogP contribution in [0.4, 0.5) is 0 Å². The Hall–Kier alpha value is -2.01. The van der Waals surface area contributed by atoms with E-state index < -0.39 is 0 Å². The standard InChI is InChI=1S/C13H14N4O/c1-4-14-5-2-10(1)12-8-16-9-13(17-12)18-11-3-6-15-7-11/h1-2,4-5,8-9,11,15H,3,6-7H2. The molecular formula is C13H14N4O. The summed E-state index contributed by atoms with van der Waals surface area (Å²) in [6, 6.07) is 3.82. The fraction of sp³-hybridized carbons (Fsp3) is 0.308. The lowest BCUT2D eigenvalue weighted by atomic mass is 10.2. The zero-order valence-electron chi connectivity index (χ0n) is 9.91. The van der Waals surface area contributed by atoms with Gasteiger partial charge in [-0.15, -0.1) is 0 Å². The van der Waals surface area contributed by atoms with Crippen LogP contribution in [-0.4, -0.2) is 34.1 Å². The number of ether oxygens (including phenoxy) is 1. The molecule has 0 aliphatic carbocycles. The summed E-state index contributed by atoms with van der Waals surface area (Å²) in [6.45, 7) is 1.88. The number of pyridine rings is 1. The Morgan fingerprint density at radius 1 is 1.17 bits per heavy atom. The molecule has 3 heterocycles. The Morgan fingerprint density at radius 3 is 2.83 bits per heavy atom. The quantitative estimate of drug-likeness (QED) is 0.878. The number of nitrogens with zero attached hydrogens (tertiary/aromatic N) is 3. The fourth-order valence-electron chi connectivity index (χ4n) is 1.97. The van der Waals surface area contributed by atoms with Gasteiger partial charge in [0.2, 0.25) is 5.88 Å². The van der Waals surface area contributed by atoms with Crippen LogP contribution in [0.5, 0.6) is 5.88 Å². The monoisotopic (exact) mass is 242 g/mol. The molecule has 1 aliphatic rings. The predicted octanol–water partition coefficient (Wildman–Crippen LogP) is 1.28. The van der Waals surface area contributed by atoms with Crippen LogP contribution < -0.4 is 10.1 Å². The summed E-state index contributed by atoms with van der Waals surface area (Å²) in [7, 11) is 0. The first-order chi connectivity index (χ1) is 8.92. The average molecular weight is 242 g/mol. The molecule has 1 atom stereocenters. The molecule has 1 unspecified atom stereocenters. The molecule has 2 aromatic heterocycles. The third-order valence-electron chi connectivity index (χ3n) is 2.89. The van der Waals surface area contributed by atoms with E-state index in [1.807, 2.05) is 12.1 Å². The van der Waals surface area contributed by atoms with Crippen molar-refractivity contribution in [2.24, 2.45) is 0 Å². The van der Waals surface area contributed by atoms with E-state index in [0.717, 1.165) is 30.8 Å². The molecule has 0 amide bonds. The smallest absolute Gasteiger partial charge is 0.233 e. The van der Waals surface area contributed by atoms with Gasteiger partial charge in [0.1, 0.15) is 6.10 Å². The van der Waals surface area contributed by atoms with Gasteiger partial charge in [-0.05, 0) is 25.1 Å². The van der Waals surface area contributed by atoms with Crippen LogP contribution in [0.1, 0.15) is 6.42 Å². The van der Waals surface area contributed by atoms with Gasteiger partial charge in [-0.25, -0.2) is 4.98 Å². The molecule has 0 aromatic carbocycles. The van der Waals surface area contributed by atoms with Crippen molar-refractivity contribution in [3.8, 4) is 17.1 Å². The molecule has 0 bridgehead atoms. The molecule has 3 rings (SSSR count). The Kier molecular flexibility index (Phi) is 3.14. The Bertz CT molecular complexity index is 511. The average Bonchev–Trinajstić information content (AvgIpc) is 2.93. The molecule has 0 saturated carbocycles. The van der Waals surface area contributed by atoms with Crippen LogP contribution in [0, 0.1) is 0 Å². The maximum absolute atomic E-state index is 5.79. The maximum atomic E-state index is 5.79. The Morgan fingerprint density at radius 2 is 2.06 bits per heavy atom. The third kappa shape index (κ3) is 2.46. The normalized spacial score (nSPS) is 18.8. The molecule has 1 saturated heterocycles. The zero-order valence-corrected chi connectivity index (χ0v) is 9.91. The van der Waals surface area contributed by atoms with Crippen molar-refractivity contribution in [2.75, 3.05) is 13.1 Å². The topological polar surface area (TPSA) is 59.9 Å². The highest BCUT2D eigenvalue weighted by atomic mass is 16.5. The first-order valence-electron chi connectivity index (χ1n) is 6.01. The van der Waals surface area contributed by atoms with Crippen LogP contribution in [0.3, 0.4) is 0 Å². The Labute approximate surface area is 105 Å². The van der Waals surface area contributed by atoms with Crippen LogP contribution in [0.15, 0.2) is 36.9 Å². The summed E-state index contributed by atoms with van der Waals surface area (Å²) in [5, 5.41) is 3.26. The highest BCUT2D eigenvalue weighted by molar-refractivity contribution is 5.57. The van der Waals surface area contributed by atoms with Crippen LogP contribution in [0.2, 0.25) is 0 Å². The maximum Gasteiger partial charge on any atom is 0.233 e. The van der Waals surface area contributed by atoms with Crippen molar-refractivity contribution < 1.29 is 4.74 Å². The van der Waals surface area contributed by atoms with Gasteiger partial charge in [-0.3, -0.25) is 9.97 Å². The van der Waals surface area contributed by atoms with Crippen molar-refractivity contribution in [2.45, 2.75) is 12.5 Å². The SMILES string of the molecule is c1cc(-c2cncc(OC3CCNC3)n2)ccn1. The minimum absolute atomic E-state index is 0.201. The van der Waals surface area contributed by atoms with E-state index in [4.69, 9.17) is 4.74 Å². The third-order valence-corrected chi connectivity index (χ3v) is 2.89. The first kappa shape index (κ1) is 11.1. The predicted molar refractivity (Wildman–Crippen MR) is 67.2 cm³/mol. The van der Waals surface area contributed by atoms with E-state index in [1.54, 1.807) is 24.8 Å². The van der Waals surface area contributed by atoms with Gasteiger partial charge in [-0.1, -0.05) is 0 Å². The number of nitrogens with one attached hydrogen (secondary N) is 1. The molecule has 1 fully saturated rings.